The average Bonchev–Trinajstić information content (AvgIpc) is 2.58. The lowest BCUT2D eigenvalue weighted by Gasteiger charge is -2.09. The van der Waals surface area contributed by atoms with E-state index >= 15 is 0 Å². The van der Waals surface area contributed by atoms with Crippen molar-refractivity contribution in [2.75, 3.05) is 46.2 Å². The number of ether oxygens (including phenoxy) is 4. The van der Waals surface area contributed by atoms with Crippen molar-refractivity contribution in [1.82, 2.24) is 0 Å². The molecule has 7 nitrogen and oxygen atoms in total. The van der Waals surface area contributed by atoms with Crippen molar-refractivity contribution in [3.05, 3.63) is 29.8 Å². The Morgan fingerprint density at radius 2 is 1.50 bits per heavy atom. The molecule has 0 aromatic heterocycles. The van der Waals surface area contributed by atoms with Crippen LogP contribution in [0.2, 0.25) is 0 Å². The van der Waals surface area contributed by atoms with Crippen molar-refractivity contribution in [2.45, 2.75) is 19.4 Å². The third-order valence-corrected chi connectivity index (χ3v) is 3.08. The lowest BCUT2D eigenvalue weighted by Crippen LogP contribution is -2.21. The van der Waals surface area contributed by atoms with Gasteiger partial charge in [0, 0.05) is 13.0 Å². The first-order chi connectivity index (χ1) is 11.6. The molecule has 0 bridgehead atoms. The summed E-state index contributed by atoms with van der Waals surface area (Å²) in [5.41, 5.74) is 0.734. The number of hydrogen-bond acceptors (Lipinski definition) is 6. The van der Waals surface area contributed by atoms with Gasteiger partial charge in [-0.3, -0.25) is 0 Å². The van der Waals surface area contributed by atoms with E-state index in [0.29, 0.717) is 52.0 Å². The fourth-order valence-corrected chi connectivity index (χ4v) is 1.83. The zero-order chi connectivity index (χ0) is 17.6. The Labute approximate surface area is 142 Å². The Morgan fingerprint density at radius 1 is 0.958 bits per heavy atom. The topological polar surface area (TPSA) is 94.5 Å². The minimum atomic E-state index is -1.39. The minimum Gasteiger partial charge on any atom is -0.491 e. The third-order valence-electron chi connectivity index (χ3n) is 3.08. The monoisotopic (exact) mass is 342 g/mol. The number of carboxylic acids is 1. The summed E-state index contributed by atoms with van der Waals surface area (Å²) < 4.78 is 21.3. The van der Waals surface area contributed by atoms with Gasteiger partial charge in [0.2, 0.25) is 0 Å². The lowest BCUT2D eigenvalue weighted by molar-refractivity contribution is -0.146. The fraction of sp³-hybridized carbons (Fsp3) is 0.588. The molecule has 24 heavy (non-hydrogen) atoms. The quantitative estimate of drug-likeness (QED) is 0.489. The van der Waals surface area contributed by atoms with Gasteiger partial charge in [0.1, 0.15) is 12.4 Å². The number of aliphatic hydroxyl groups excluding tert-OH is 1. The van der Waals surface area contributed by atoms with Crippen LogP contribution < -0.4 is 4.74 Å². The second-order valence-corrected chi connectivity index (χ2v) is 4.97. The SMILES string of the molecule is CCOCCOCCOCCOc1ccc(C[C@H](O)C(=O)O)cc1. The number of benzene rings is 1. The molecule has 0 fully saturated rings. The summed E-state index contributed by atoms with van der Waals surface area (Å²) >= 11 is 0. The lowest BCUT2D eigenvalue weighted by atomic mass is 10.1. The van der Waals surface area contributed by atoms with Gasteiger partial charge < -0.3 is 29.2 Å². The van der Waals surface area contributed by atoms with E-state index in [1.54, 1.807) is 24.3 Å². The van der Waals surface area contributed by atoms with E-state index in [-0.39, 0.29) is 6.42 Å². The summed E-state index contributed by atoms with van der Waals surface area (Å²) in [5, 5.41) is 17.9. The Balaban J connectivity index is 2.06. The highest BCUT2D eigenvalue weighted by Gasteiger charge is 2.13. The smallest absolute Gasteiger partial charge is 0.332 e. The van der Waals surface area contributed by atoms with Gasteiger partial charge in [0.15, 0.2) is 6.10 Å². The van der Waals surface area contributed by atoms with E-state index in [9.17, 15) is 9.90 Å². The van der Waals surface area contributed by atoms with Crippen LogP contribution in [0.4, 0.5) is 0 Å². The predicted molar refractivity (Wildman–Crippen MR) is 87.4 cm³/mol. The summed E-state index contributed by atoms with van der Waals surface area (Å²) in [6.07, 6.45) is -1.32. The number of rotatable bonds is 14. The maximum atomic E-state index is 10.6. The van der Waals surface area contributed by atoms with Crippen LogP contribution in [0.25, 0.3) is 0 Å². The summed E-state index contributed by atoms with van der Waals surface area (Å²) in [7, 11) is 0. The second-order valence-electron chi connectivity index (χ2n) is 4.97. The van der Waals surface area contributed by atoms with Crippen molar-refractivity contribution < 1.29 is 34.0 Å². The molecule has 0 saturated heterocycles. The van der Waals surface area contributed by atoms with Crippen LogP contribution in [-0.4, -0.2) is 68.5 Å². The molecule has 0 amide bonds. The van der Waals surface area contributed by atoms with Gasteiger partial charge in [0.25, 0.3) is 0 Å². The molecule has 0 aliphatic heterocycles. The van der Waals surface area contributed by atoms with Gasteiger partial charge in [0.05, 0.1) is 33.0 Å². The molecular weight excluding hydrogens is 316 g/mol. The van der Waals surface area contributed by atoms with Crippen molar-refractivity contribution in [2.24, 2.45) is 0 Å². The summed E-state index contributed by atoms with van der Waals surface area (Å²) in [4.78, 5) is 10.6. The number of carboxylic acid groups (broad SMARTS) is 1. The molecule has 1 rings (SSSR count). The molecule has 2 N–H and O–H groups in total. The molecule has 0 aliphatic carbocycles. The zero-order valence-electron chi connectivity index (χ0n) is 14.0. The Hall–Kier alpha value is -1.67. The van der Waals surface area contributed by atoms with Crippen LogP contribution in [0.3, 0.4) is 0 Å². The standard InChI is InChI=1S/C17H26O7/c1-2-21-7-8-22-9-10-23-11-12-24-15-5-3-14(4-6-15)13-16(18)17(19)20/h3-6,16,18H,2,7-13H2,1H3,(H,19,20)/t16-/m0/s1. The highest BCUT2D eigenvalue weighted by molar-refractivity contribution is 5.72. The highest BCUT2D eigenvalue weighted by atomic mass is 16.6. The van der Waals surface area contributed by atoms with Crippen LogP contribution >= 0.6 is 0 Å². The van der Waals surface area contributed by atoms with Gasteiger partial charge in [-0.25, -0.2) is 4.79 Å². The first kappa shape index (κ1) is 20.4. The van der Waals surface area contributed by atoms with Crippen LogP contribution in [0.5, 0.6) is 5.75 Å². The summed E-state index contributed by atoms with van der Waals surface area (Å²) in [6, 6.07) is 6.94. The zero-order valence-corrected chi connectivity index (χ0v) is 14.0. The van der Waals surface area contributed by atoms with Crippen LogP contribution in [0, 0.1) is 0 Å². The maximum Gasteiger partial charge on any atom is 0.332 e. The van der Waals surface area contributed by atoms with Crippen LogP contribution in [-0.2, 0) is 25.4 Å². The third kappa shape index (κ3) is 9.46. The molecule has 0 saturated carbocycles. The number of hydrogen-bond donors (Lipinski definition) is 2. The first-order valence-electron chi connectivity index (χ1n) is 7.99. The second kappa shape index (κ2) is 12.7. The first-order valence-corrected chi connectivity index (χ1v) is 7.99. The minimum absolute atomic E-state index is 0.0714. The molecule has 0 spiro atoms. The number of carbonyl (C=O) groups is 1. The van der Waals surface area contributed by atoms with Crippen molar-refractivity contribution in [3.8, 4) is 5.75 Å². The van der Waals surface area contributed by atoms with Gasteiger partial charge in [-0.1, -0.05) is 12.1 Å². The molecule has 136 valence electrons. The fourth-order valence-electron chi connectivity index (χ4n) is 1.83. The van der Waals surface area contributed by atoms with E-state index in [1.807, 2.05) is 6.92 Å². The van der Waals surface area contributed by atoms with E-state index in [2.05, 4.69) is 0 Å². The van der Waals surface area contributed by atoms with Crippen LogP contribution in [0.1, 0.15) is 12.5 Å². The van der Waals surface area contributed by atoms with Crippen LogP contribution in [0.15, 0.2) is 24.3 Å². The molecule has 7 heteroatoms. The molecule has 0 heterocycles. The summed E-state index contributed by atoms with van der Waals surface area (Å²) in [6.45, 7) is 5.68. The largest absolute Gasteiger partial charge is 0.491 e. The predicted octanol–water partition coefficient (Wildman–Crippen LogP) is 1.12. The van der Waals surface area contributed by atoms with Crippen molar-refractivity contribution in [1.29, 1.82) is 0 Å². The van der Waals surface area contributed by atoms with E-state index in [0.717, 1.165) is 5.56 Å². The number of aliphatic hydroxyl groups is 1. The van der Waals surface area contributed by atoms with E-state index in [4.69, 9.17) is 24.1 Å². The normalized spacial score (nSPS) is 12.1. The molecule has 0 radical (unpaired) electrons. The maximum absolute atomic E-state index is 10.6. The van der Waals surface area contributed by atoms with Gasteiger partial charge in [-0.2, -0.15) is 0 Å². The summed E-state index contributed by atoms with van der Waals surface area (Å²) in [5.74, 6) is -0.561. The molecule has 1 atom stereocenters. The average molecular weight is 342 g/mol. The molecule has 1 aromatic carbocycles. The highest BCUT2D eigenvalue weighted by Crippen LogP contribution is 2.13. The van der Waals surface area contributed by atoms with Crippen molar-refractivity contribution in [3.63, 3.8) is 0 Å². The van der Waals surface area contributed by atoms with E-state index in [1.165, 1.54) is 0 Å². The van der Waals surface area contributed by atoms with Gasteiger partial charge in [-0.05, 0) is 24.6 Å². The van der Waals surface area contributed by atoms with E-state index < -0.39 is 12.1 Å². The molecular formula is C17H26O7. The molecule has 0 unspecified atom stereocenters. The Kier molecular flexibility index (Phi) is 10.8. The van der Waals surface area contributed by atoms with Crippen molar-refractivity contribution >= 4 is 5.97 Å². The number of aliphatic carboxylic acids is 1. The molecule has 0 aliphatic rings. The Bertz CT molecular complexity index is 447. The van der Waals surface area contributed by atoms with Gasteiger partial charge >= 0.3 is 5.97 Å². The molecule has 1 aromatic rings. The Morgan fingerprint density at radius 3 is 2.04 bits per heavy atom. The van der Waals surface area contributed by atoms with Gasteiger partial charge in [-0.15, -0.1) is 0 Å².